The fourth-order valence-electron chi connectivity index (χ4n) is 1.83. The molecule has 0 saturated carbocycles. The van der Waals surface area contributed by atoms with Crippen molar-refractivity contribution in [2.24, 2.45) is 0 Å². The molecule has 3 aromatic rings. The van der Waals surface area contributed by atoms with E-state index in [-0.39, 0.29) is 11.2 Å². The number of nitrogens with zero attached hydrogens (tertiary/aromatic N) is 3. The van der Waals surface area contributed by atoms with Crippen LogP contribution in [-0.2, 0) is 0 Å². The van der Waals surface area contributed by atoms with Crippen LogP contribution in [0.4, 0.5) is 0 Å². The van der Waals surface area contributed by atoms with E-state index in [9.17, 15) is 5.11 Å². The average Bonchev–Trinajstić information content (AvgIpc) is 2.64. The highest BCUT2D eigenvalue weighted by Crippen LogP contribution is 2.27. The summed E-state index contributed by atoms with van der Waals surface area (Å²) < 4.78 is 1.63. The van der Waals surface area contributed by atoms with Gasteiger partial charge in [0.2, 0.25) is 5.28 Å². The molecule has 2 aromatic heterocycles. The zero-order chi connectivity index (χ0) is 11.8. The number of halogens is 1. The highest BCUT2D eigenvalue weighted by atomic mass is 35.5. The van der Waals surface area contributed by atoms with Crippen LogP contribution in [0.5, 0.6) is 5.88 Å². The van der Waals surface area contributed by atoms with E-state index in [2.05, 4.69) is 9.97 Å². The van der Waals surface area contributed by atoms with Gasteiger partial charge < -0.3 is 5.11 Å². The molecule has 1 aromatic carbocycles. The minimum Gasteiger partial charge on any atom is -0.494 e. The van der Waals surface area contributed by atoms with Gasteiger partial charge in [0.15, 0.2) is 5.88 Å². The van der Waals surface area contributed by atoms with Crippen LogP contribution in [0.3, 0.4) is 0 Å². The number of aromatic nitrogens is 3. The first-order chi connectivity index (χ1) is 8.25. The third-order valence-corrected chi connectivity index (χ3v) is 2.71. The quantitative estimate of drug-likeness (QED) is 0.671. The molecule has 0 aliphatic rings. The van der Waals surface area contributed by atoms with Gasteiger partial charge in [0.05, 0.1) is 5.52 Å². The number of benzene rings is 1. The Morgan fingerprint density at radius 1 is 1.18 bits per heavy atom. The standard InChI is InChI=1S/C12H8ClN3O/c13-12-14-6-5-10(15-12)16-9-4-2-1-3-8(9)7-11(16)17/h1-7,17H. The number of fused-ring (bicyclic) bond motifs is 1. The van der Waals surface area contributed by atoms with Gasteiger partial charge in [-0.25, -0.2) is 4.98 Å². The van der Waals surface area contributed by atoms with Crippen LogP contribution in [0, 0.1) is 0 Å². The molecule has 0 unspecified atom stereocenters. The van der Waals surface area contributed by atoms with E-state index >= 15 is 0 Å². The maximum atomic E-state index is 9.94. The molecule has 0 fully saturated rings. The van der Waals surface area contributed by atoms with E-state index in [1.54, 1.807) is 22.9 Å². The summed E-state index contributed by atoms with van der Waals surface area (Å²) in [7, 11) is 0. The van der Waals surface area contributed by atoms with Crippen molar-refractivity contribution < 1.29 is 5.11 Å². The van der Waals surface area contributed by atoms with Gasteiger partial charge >= 0.3 is 0 Å². The summed E-state index contributed by atoms with van der Waals surface area (Å²) in [5.41, 5.74) is 0.875. The number of hydrogen-bond donors (Lipinski definition) is 1. The van der Waals surface area contributed by atoms with E-state index in [1.807, 2.05) is 24.3 Å². The molecule has 5 heteroatoms. The molecule has 0 bridgehead atoms. The molecule has 0 atom stereocenters. The minimum atomic E-state index is 0.126. The average molecular weight is 246 g/mol. The lowest BCUT2D eigenvalue weighted by atomic mass is 10.2. The summed E-state index contributed by atoms with van der Waals surface area (Å²) >= 11 is 5.75. The minimum absolute atomic E-state index is 0.126. The molecule has 84 valence electrons. The van der Waals surface area contributed by atoms with Crippen molar-refractivity contribution in [1.82, 2.24) is 14.5 Å². The normalized spacial score (nSPS) is 10.9. The fourth-order valence-corrected chi connectivity index (χ4v) is 1.97. The van der Waals surface area contributed by atoms with Crippen molar-refractivity contribution in [2.45, 2.75) is 0 Å². The van der Waals surface area contributed by atoms with Crippen molar-refractivity contribution >= 4 is 22.5 Å². The molecular formula is C12H8ClN3O. The lowest BCUT2D eigenvalue weighted by molar-refractivity contribution is 0.444. The molecule has 17 heavy (non-hydrogen) atoms. The summed E-state index contributed by atoms with van der Waals surface area (Å²) in [4.78, 5) is 7.90. The van der Waals surface area contributed by atoms with Gasteiger partial charge in [-0.3, -0.25) is 4.57 Å². The summed E-state index contributed by atoms with van der Waals surface area (Å²) in [6, 6.07) is 11.0. The first-order valence-corrected chi connectivity index (χ1v) is 5.42. The topological polar surface area (TPSA) is 50.9 Å². The van der Waals surface area contributed by atoms with Crippen molar-refractivity contribution in [3.05, 3.63) is 47.9 Å². The Labute approximate surface area is 102 Å². The van der Waals surface area contributed by atoms with Gasteiger partial charge in [0.25, 0.3) is 0 Å². The first kappa shape index (κ1) is 10.1. The van der Waals surface area contributed by atoms with E-state index in [4.69, 9.17) is 11.6 Å². The molecule has 0 radical (unpaired) electrons. The maximum absolute atomic E-state index is 9.94. The second kappa shape index (κ2) is 3.75. The maximum Gasteiger partial charge on any atom is 0.224 e. The largest absolute Gasteiger partial charge is 0.494 e. The lowest BCUT2D eigenvalue weighted by Gasteiger charge is -2.05. The van der Waals surface area contributed by atoms with E-state index in [1.165, 1.54) is 0 Å². The summed E-state index contributed by atoms with van der Waals surface area (Å²) in [5.74, 6) is 0.671. The molecule has 2 heterocycles. The summed E-state index contributed by atoms with van der Waals surface area (Å²) in [5, 5.41) is 11.0. The first-order valence-electron chi connectivity index (χ1n) is 5.04. The monoisotopic (exact) mass is 245 g/mol. The summed E-state index contributed by atoms with van der Waals surface area (Å²) in [6.07, 6.45) is 1.55. The molecule has 4 nitrogen and oxygen atoms in total. The molecule has 0 saturated heterocycles. The van der Waals surface area contributed by atoms with Crippen LogP contribution in [0.1, 0.15) is 0 Å². The number of aromatic hydroxyl groups is 1. The molecular weight excluding hydrogens is 238 g/mol. The van der Waals surface area contributed by atoms with Crippen molar-refractivity contribution in [3.63, 3.8) is 0 Å². The second-order valence-electron chi connectivity index (χ2n) is 3.58. The Morgan fingerprint density at radius 3 is 2.82 bits per heavy atom. The third-order valence-electron chi connectivity index (χ3n) is 2.53. The van der Waals surface area contributed by atoms with E-state index < -0.39 is 0 Å². The molecule has 3 rings (SSSR count). The Hall–Kier alpha value is -2.07. The zero-order valence-electron chi connectivity index (χ0n) is 8.71. The molecule has 0 aliphatic carbocycles. The third kappa shape index (κ3) is 1.62. The predicted molar refractivity (Wildman–Crippen MR) is 65.5 cm³/mol. The van der Waals surface area contributed by atoms with Gasteiger partial charge in [0, 0.05) is 17.6 Å². The van der Waals surface area contributed by atoms with Gasteiger partial charge in [-0.05, 0) is 23.7 Å². The van der Waals surface area contributed by atoms with Crippen molar-refractivity contribution in [3.8, 4) is 11.7 Å². The molecule has 0 spiro atoms. The van der Waals surface area contributed by atoms with Gasteiger partial charge in [0.1, 0.15) is 5.82 Å². The van der Waals surface area contributed by atoms with Crippen molar-refractivity contribution in [1.29, 1.82) is 0 Å². The van der Waals surface area contributed by atoms with Gasteiger partial charge in [-0.15, -0.1) is 0 Å². The van der Waals surface area contributed by atoms with Gasteiger partial charge in [-0.1, -0.05) is 18.2 Å². The zero-order valence-corrected chi connectivity index (χ0v) is 9.46. The number of hydrogen-bond acceptors (Lipinski definition) is 3. The van der Waals surface area contributed by atoms with E-state index in [0.717, 1.165) is 10.9 Å². The Bertz CT molecular complexity index is 693. The fraction of sp³-hybridized carbons (Fsp3) is 0. The Kier molecular flexibility index (Phi) is 2.23. The Balaban J connectivity index is 2.33. The molecule has 0 aliphatic heterocycles. The highest BCUT2D eigenvalue weighted by Gasteiger charge is 2.10. The molecule has 1 N–H and O–H groups in total. The van der Waals surface area contributed by atoms with Gasteiger partial charge in [-0.2, -0.15) is 4.98 Å². The van der Waals surface area contributed by atoms with Crippen molar-refractivity contribution in [2.75, 3.05) is 0 Å². The second-order valence-corrected chi connectivity index (χ2v) is 3.92. The van der Waals surface area contributed by atoms with E-state index in [0.29, 0.717) is 5.82 Å². The smallest absolute Gasteiger partial charge is 0.224 e. The Morgan fingerprint density at radius 2 is 2.00 bits per heavy atom. The van der Waals surface area contributed by atoms with Crippen LogP contribution in [0.25, 0.3) is 16.7 Å². The lowest BCUT2D eigenvalue weighted by Crippen LogP contribution is -1.97. The predicted octanol–water partition coefficient (Wildman–Crippen LogP) is 2.78. The molecule has 0 amide bonds. The summed E-state index contributed by atoms with van der Waals surface area (Å²) in [6.45, 7) is 0. The SMILES string of the molecule is Oc1cc2ccccc2n1-c1ccnc(Cl)n1. The van der Waals surface area contributed by atoms with Crippen LogP contribution in [0.2, 0.25) is 5.28 Å². The van der Waals surface area contributed by atoms with Crippen LogP contribution in [-0.4, -0.2) is 19.6 Å². The van der Waals surface area contributed by atoms with Crippen LogP contribution in [0.15, 0.2) is 42.6 Å². The number of rotatable bonds is 1. The van der Waals surface area contributed by atoms with Crippen LogP contribution < -0.4 is 0 Å². The van der Waals surface area contributed by atoms with Crippen LogP contribution >= 0.6 is 11.6 Å². The number of para-hydroxylation sites is 1. The highest BCUT2D eigenvalue weighted by molar-refractivity contribution is 6.28.